The van der Waals surface area contributed by atoms with Gasteiger partial charge in [0, 0.05) is 0 Å². The zero-order chi connectivity index (χ0) is 6.62. The molecule has 0 aromatic rings. The van der Waals surface area contributed by atoms with Gasteiger partial charge in [-0.15, -0.1) is 0 Å². The van der Waals surface area contributed by atoms with Gasteiger partial charge in [-0.3, -0.25) is 0 Å². The van der Waals surface area contributed by atoms with E-state index in [0.29, 0.717) is 0 Å². The van der Waals surface area contributed by atoms with E-state index in [9.17, 15) is 0 Å². The molecule has 0 spiro atoms. The third kappa shape index (κ3) is 2.31. The molecule has 45 valence electrons. The standard InChI is InChI=1S/3CHO.CH3.Sb/c3*1-2;;/h3*1H;1H3;/q3*-1;;+3. The Hall–Kier alpha value is 0.698. The molecule has 0 aromatic heterocycles. The van der Waals surface area contributed by atoms with Gasteiger partial charge < -0.3 is 0 Å². The topological polar surface area (TPSA) is 27.7 Å². The van der Waals surface area contributed by atoms with Crippen molar-refractivity contribution in [3.8, 4) is 0 Å². The van der Waals surface area contributed by atoms with Gasteiger partial charge in [-0.2, -0.15) is 0 Å². The van der Waals surface area contributed by atoms with E-state index in [2.05, 4.69) is 9.05 Å². The van der Waals surface area contributed by atoms with Crippen molar-refractivity contribution in [3.63, 3.8) is 0 Å². The summed E-state index contributed by atoms with van der Waals surface area (Å²) < 4.78 is 12.7. The normalized spacial score (nSPS) is 12.0. The molecule has 0 atom stereocenters. The first-order valence-corrected chi connectivity index (χ1v) is 7.38. The van der Waals surface area contributed by atoms with Crippen molar-refractivity contribution in [3.05, 3.63) is 21.3 Å². The van der Waals surface area contributed by atoms with E-state index >= 15 is 0 Å². The fourth-order valence-electron chi connectivity index (χ4n) is 0.0745. The van der Waals surface area contributed by atoms with Crippen LogP contribution < -0.4 is 0 Å². The first-order valence-electron chi connectivity index (χ1n) is 1.70. The van der Waals surface area contributed by atoms with Gasteiger partial charge in [-0.05, 0) is 0 Å². The summed E-state index contributed by atoms with van der Waals surface area (Å²) in [6, 6.07) is 0. The molecular formula is C4H6O3Sb. The summed E-state index contributed by atoms with van der Waals surface area (Å²) in [5, 5.41) is 0. The molecular weight excluding hydrogens is 218 g/mol. The predicted molar refractivity (Wildman–Crippen MR) is 27.8 cm³/mol. The van der Waals surface area contributed by atoms with Crippen molar-refractivity contribution < 1.29 is 9.05 Å². The van der Waals surface area contributed by atoms with Crippen LogP contribution in [0.4, 0.5) is 0 Å². The SMILES string of the molecule is [CH][O][Sb]([CH3])([O][CH])[O][CH]. The molecule has 0 rings (SSSR count). The molecule has 0 aliphatic carbocycles. The van der Waals surface area contributed by atoms with Crippen LogP contribution in [-0.2, 0) is 9.05 Å². The van der Waals surface area contributed by atoms with Gasteiger partial charge in [0.15, 0.2) is 0 Å². The second-order valence-corrected chi connectivity index (χ2v) is 7.30. The van der Waals surface area contributed by atoms with Crippen molar-refractivity contribution in [1.29, 1.82) is 0 Å². The zero-order valence-corrected chi connectivity index (χ0v) is 6.96. The van der Waals surface area contributed by atoms with Gasteiger partial charge in [0.2, 0.25) is 0 Å². The molecule has 0 bridgehead atoms. The molecule has 0 saturated carbocycles. The van der Waals surface area contributed by atoms with Crippen molar-refractivity contribution in [2.45, 2.75) is 4.87 Å². The molecule has 0 fully saturated rings. The molecule has 0 N–H and O–H groups in total. The molecule has 0 saturated heterocycles. The first-order chi connectivity index (χ1) is 3.68. The van der Waals surface area contributed by atoms with Crippen LogP contribution in [0.3, 0.4) is 0 Å². The Morgan fingerprint density at radius 3 is 1.25 bits per heavy atom. The van der Waals surface area contributed by atoms with Crippen molar-refractivity contribution in [1.82, 2.24) is 0 Å². The van der Waals surface area contributed by atoms with Gasteiger partial charge in [-0.25, -0.2) is 0 Å². The van der Waals surface area contributed by atoms with Gasteiger partial charge in [0.25, 0.3) is 0 Å². The second kappa shape index (κ2) is 3.67. The second-order valence-electron chi connectivity index (χ2n) is 1.09. The van der Waals surface area contributed by atoms with Crippen LogP contribution in [0.2, 0.25) is 4.87 Å². The molecule has 0 amide bonds. The maximum atomic E-state index is 4.71. The van der Waals surface area contributed by atoms with Crippen LogP contribution in [-0.4, -0.2) is 20.1 Å². The molecule has 0 heterocycles. The van der Waals surface area contributed by atoms with Gasteiger partial charge in [-0.1, -0.05) is 0 Å². The Bertz CT molecular complexity index is 54.0. The summed E-state index contributed by atoms with van der Waals surface area (Å²) in [7, 11) is 14.1. The molecule has 7 radical (unpaired) electrons. The zero-order valence-electron chi connectivity index (χ0n) is 4.40. The third-order valence-corrected chi connectivity index (χ3v) is 3.85. The van der Waals surface area contributed by atoms with Crippen LogP contribution in [0.15, 0.2) is 0 Å². The Kier molecular flexibility index (Phi) is 3.99. The van der Waals surface area contributed by atoms with Crippen LogP contribution in [0.1, 0.15) is 0 Å². The van der Waals surface area contributed by atoms with E-state index in [1.807, 2.05) is 0 Å². The summed E-state index contributed by atoms with van der Waals surface area (Å²) in [4.78, 5) is 1.51. The van der Waals surface area contributed by atoms with Gasteiger partial charge in [0.05, 0.1) is 0 Å². The van der Waals surface area contributed by atoms with Crippen LogP contribution in [0, 0.1) is 21.3 Å². The van der Waals surface area contributed by atoms with E-state index in [0.717, 1.165) is 0 Å². The summed E-state index contributed by atoms with van der Waals surface area (Å²) in [5.74, 6) is 0. The monoisotopic (exact) mass is 223 g/mol. The quantitative estimate of drug-likeness (QED) is 0.657. The van der Waals surface area contributed by atoms with Gasteiger partial charge >= 0.3 is 55.3 Å². The molecule has 0 unspecified atom stereocenters. The van der Waals surface area contributed by atoms with Crippen LogP contribution in [0.5, 0.6) is 0 Å². The van der Waals surface area contributed by atoms with Crippen LogP contribution >= 0.6 is 0 Å². The average molecular weight is 224 g/mol. The fraction of sp³-hybridized carbons (Fsp3) is 0.250. The summed E-state index contributed by atoms with van der Waals surface area (Å²) in [6.07, 6.45) is 0. The first kappa shape index (κ1) is 8.70. The van der Waals surface area contributed by atoms with Crippen molar-refractivity contribution in [2.75, 3.05) is 0 Å². The van der Waals surface area contributed by atoms with E-state index < -0.39 is 20.1 Å². The summed E-state index contributed by atoms with van der Waals surface area (Å²) >= 11 is -3.41. The Balaban J connectivity index is 3.58. The van der Waals surface area contributed by atoms with Crippen molar-refractivity contribution in [2.24, 2.45) is 0 Å². The van der Waals surface area contributed by atoms with Crippen LogP contribution in [0.25, 0.3) is 0 Å². The molecule has 3 nitrogen and oxygen atoms in total. The molecule has 0 aliphatic heterocycles. The molecule has 0 aromatic carbocycles. The average Bonchev–Trinajstić information content (AvgIpc) is 1.87. The van der Waals surface area contributed by atoms with E-state index in [1.54, 1.807) is 0 Å². The Labute approximate surface area is 55.6 Å². The fourth-order valence-corrected chi connectivity index (χ4v) is 0.500. The number of hydrogen-bond donors (Lipinski definition) is 0. The Morgan fingerprint density at radius 2 is 1.25 bits per heavy atom. The molecule has 8 heavy (non-hydrogen) atoms. The number of hydrogen-bond acceptors (Lipinski definition) is 3. The Morgan fingerprint density at radius 1 is 1.00 bits per heavy atom. The number of rotatable bonds is 3. The van der Waals surface area contributed by atoms with E-state index in [1.165, 1.54) is 4.87 Å². The van der Waals surface area contributed by atoms with Gasteiger partial charge in [0.1, 0.15) is 0 Å². The molecule has 0 aliphatic rings. The summed E-state index contributed by atoms with van der Waals surface area (Å²) in [6.45, 7) is 0. The minimum atomic E-state index is -3.41. The minimum absolute atomic E-state index is 1.51. The molecule has 4 heteroatoms. The summed E-state index contributed by atoms with van der Waals surface area (Å²) in [5.41, 5.74) is 0. The van der Waals surface area contributed by atoms with E-state index in [4.69, 9.17) is 21.3 Å². The van der Waals surface area contributed by atoms with E-state index in [-0.39, 0.29) is 0 Å². The maximum absolute atomic E-state index is 4.71. The predicted octanol–water partition coefficient (Wildman–Crippen LogP) is 0.611. The third-order valence-electron chi connectivity index (χ3n) is 0.574. The van der Waals surface area contributed by atoms with Crippen molar-refractivity contribution >= 4 is 20.1 Å².